The van der Waals surface area contributed by atoms with Crippen LogP contribution in [-0.4, -0.2) is 99.6 Å². The van der Waals surface area contributed by atoms with E-state index < -0.39 is 29.7 Å². The van der Waals surface area contributed by atoms with Gasteiger partial charge in [0.2, 0.25) is 0 Å². The maximum atomic E-state index is 13.8. The first-order valence-corrected chi connectivity index (χ1v) is 33.0. The molecule has 2 aliphatic carbocycles. The number of aromatic nitrogens is 1. The summed E-state index contributed by atoms with van der Waals surface area (Å²) < 4.78 is 56.2. The third-order valence-corrected chi connectivity index (χ3v) is 17.3. The van der Waals surface area contributed by atoms with Crippen molar-refractivity contribution in [2.75, 3.05) is 52.9 Å². The Morgan fingerprint density at radius 3 is 1.16 bits per heavy atom. The molecule has 2 saturated carbocycles. The van der Waals surface area contributed by atoms with E-state index in [2.05, 4.69) is 19.7 Å². The molecule has 0 aliphatic heterocycles. The van der Waals surface area contributed by atoms with Gasteiger partial charge in [0.1, 0.15) is 33.8 Å². The van der Waals surface area contributed by atoms with Crippen LogP contribution in [-0.2, 0) is 70.1 Å². The first kappa shape index (κ1) is 69.9. The van der Waals surface area contributed by atoms with E-state index in [4.69, 9.17) is 52.4 Å². The van der Waals surface area contributed by atoms with Crippen molar-refractivity contribution in [3.63, 3.8) is 0 Å². The largest absolute Gasteiger partial charge is 0.494 e. The summed E-state index contributed by atoms with van der Waals surface area (Å²) in [6.45, 7) is 13.2. The average Bonchev–Trinajstić information content (AvgIpc) is 0.770. The molecule has 18 nitrogen and oxygen atoms in total. The van der Waals surface area contributed by atoms with E-state index in [0.717, 1.165) is 106 Å². The van der Waals surface area contributed by atoms with Crippen LogP contribution < -0.4 is 23.7 Å². The van der Waals surface area contributed by atoms with E-state index in [9.17, 15) is 33.6 Å². The molecule has 0 atom stereocenters. The number of carbonyl (C=O) groups excluding carboxylic acids is 7. The second-order valence-electron chi connectivity index (χ2n) is 22.9. The van der Waals surface area contributed by atoms with Gasteiger partial charge in [-0.1, -0.05) is 55.8 Å². The second kappa shape index (κ2) is 37.5. The number of nitrogens with zero attached hydrogens (tertiary/aromatic N) is 1. The van der Waals surface area contributed by atoms with Crippen LogP contribution in [0.25, 0.3) is 21.7 Å². The Labute approximate surface area is 547 Å². The Morgan fingerprint density at radius 2 is 0.731 bits per heavy atom. The minimum absolute atomic E-state index is 0.234. The van der Waals surface area contributed by atoms with E-state index in [1.54, 1.807) is 18.2 Å². The lowest BCUT2D eigenvalue weighted by Crippen LogP contribution is -2.29. The molecule has 8 rings (SSSR count). The molecule has 0 amide bonds. The zero-order valence-corrected chi connectivity index (χ0v) is 53.6. The molecule has 5 aromatic carbocycles. The minimum atomic E-state index is -0.438. The van der Waals surface area contributed by atoms with Crippen LogP contribution in [0.5, 0.6) is 28.7 Å². The second-order valence-corrected chi connectivity index (χ2v) is 24.0. The van der Waals surface area contributed by atoms with Gasteiger partial charge < -0.3 is 47.4 Å². The lowest BCUT2D eigenvalue weighted by molar-refractivity contribution is -0.152. The fourth-order valence-corrected chi connectivity index (χ4v) is 11.8. The smallest absolute Gasteiger partial charge is 0.330 e. The van der Waals surface area contributed by atoms with Crippen LogP contribution in [0.1, 0.15) is 114 Å². The van der Waals surface area contributed by atoms with Gasteiger partial charge in [0.05, 0.1) is 82.0 Å². The summed E-state index contributed by atoms with van der Waals surface area (Å²) in [5, 5.41) is 3.03. The Morgan fingerprint density at radius 1 is 0.376 bits per heavy atom. The Kier molecular flexibility index (Phi) is 28.2. The van der Waals surface area contributed by atoms with Gasteiger partial charge in [-0.2, -0.15) is 0 Å². The number of carbonyl (C=O) groups is 7. The summed E-state index contributed by atoms with van der Waals surface area (Å²) in [6, 6.07) is 33.9. The number of pyridine rings is 1. The average molecular weight is 1290 g/mol. The van der Waals surface area contributed by atoms with Crippen LogP contribution >= 0.6 is 11.8 Å². The quantitative estimate of drug-likeness (QED) is 0.00882. The summed E-state index contributed by atoms with van der Waals surface area (Å²) in [6.07, 6.45) is 14.8. The van der Waals surface area contributed by atoms with Crippen molar-refractivity contribution in [3.05, 3.63) is 158 Å². The molecule has 0 N–H and O–H groups in total. The van der Waals surface area contributed by atoms with Gasteiger partial charge >= 0.3 is 41.8 Å². The fourth-order valence-electron chi connectivity index (χ4n) is 10.9. The van der Waals surface area contributed by atoms with Crippen LogP contribution in [0.2, 0.25) is 0 Å². The van der Waals surface area contributed by atoms with Crippen molar-refractivity contribution in [1.29, 1.82) is 0 Å². The lowest BCUT2D eigenvalue weighted by atomic mass is 9.82. The molecular formula is C74H83NO17S. The van der Waals surface area contributed by atoms with Crippen molar-refractivity contribution < 1.29 is 80.9 Å². The zero-order chi connectivity index (χ0) is 65.6. The van der Waals surface area contributed by atoms with Gasteiger partial charge in [-0.15, -0.1) is 0 Å². The van der Waals surface area contributed by atoms with E-state index in [1.165, 1.54) is 11.8 Å². The zero-order valence-electron chi connectivity index (χ0n) is 52.7. The predicted octanol–water partition coefficient (Wildman–Crippen LogP) is 14.0. The SMILES string of the molecule is C=CC(=O)OCCCCCCOc1ccc(Sc2nc3cc(OC(=O)C4CCC(C(=O)OCCc5ccc(OCCCCOC(=O)C=C)cc5)CC4)ccc3c3ccc(OC(=O)C4CCC(C(=O)OCCc5ccc(OCCCCOC(=O)C=C)cc5)CC4)cc23)cc1. The van der Waals surface area contributed by atoms with Crippen LogP contribution in [0, 0.1) is 23.7 Å². The van der Waals surface area contributed by atoms with E-state index >= 15 is 0 Å². The predicted molar refractivity (Wildman–Crippen MR) is 351 cm³/mol. The monoisotopic (exact) mass is 1290 g/mol. The number of fused-ring (bicyclic) bond motifs is 3. The molecule has 93 heavy (non-hydrogen) atoms. The van der Waals surface area contributed by atoms with Gasteiger partial charge in [0.15, 0.2) is 0 Å². The number of hydrogen-bond acceptors (Lipinski definition) is 19. The third-order valence-electron chi connectivity index (χ3n) is 16.2. The molecule has 19 heteroatoms. The molecule has 492 valence electrons. The van der Waals surface area contributed by atoms with Crippen LogP contribution in [0.4, 0.5) is 0 Å². The number of benzene rings is 5. The maximum Gasteiger partial charge on any atom is 0.330 e. The molecule has 2 fully saturated rings. The highest BCUT2D eigenvalue weighted by atomic mass is 32.2. The van der Waals surface area contributed by atoms with Crippen molar-refractivity contribution in [2.24, 2.45) is 23.7 Å². The van der Waals surface area contributed by atoms with Crippen molar-refractivity contribution in [3.8, 4) is 28.7 Å². The number of hydrogen-bond donors (Lipinski definition) is 0. The number of ether oxygens (including phenoxy) is 10. The van der Waals surface area contributed by atoms with Crippen molar-refractivity contribution in [2.45, 2.75) is 125 Å². The first-order chi connectivity index (χ1) is 45.3. The van der Waals surface area contributed by atoms with Crippen LogP contribution in [0.15, 0.2) is 157 Å². The highest BCUT2D eigenvalue weighted by Gasteiger charge is 2.34. The molecule has 1 heterocycles. The summed E-state index contributed by atoms with van der Waals surface area (Å²) in [4.78, 5) is 93.5. The lowest BCUT2D eigenvalue weighted by Gasteiger charge is -2.26. The molecule has 0 unspecified atom stereocenters. The maximum absolute atomic E-state index is 13.8. The number of unbranched alkanes of at least 4 members (excludes halogenated alkanes) is 5. The van der Waals surface area contributed by atoms with E-state index in [-0.39, 0.29) is 48.9 Å². The van der Waals surface area contributed by atoms with Gasteiger partial charge in [-0.3, -0.25) is 19.2 Å². The highest BCUT2D eigenvalue weighted by Crippen LogP contribution is 2.40. The molecule has 0 spiro atoms. The molecule has 1 aromatic heterocycles. The first-order valence-electron chi connectivity index (χ1n) is 32.2. The van der Waals surface area contributed by atoms with Gasteiger partial charge in [-0.25, -0.2) is 19.4 Å². The van der Waals surface area contributed by atoms with Gasteiger partial charge in [0, 0.05) is 52.8 Å². The minimum Gasteiger partial charge on any atom is -0.494 e. The van der Waals surface area contributed by atoms with Gasteiger partial charge in [-0.05, 0) is 198 Å². The van der Waals surface area contributed by atoms with E-state index in [0.29, 0.717) is 139 Å². The van der Waals surface area contributed by atoms with Gasteiger partial charge in [0.25, 0.3) is 0 Å². The molecular weight excluding hydrogens is 1210 g/mol. The summed E-state index contributed by atoms with van der Waals surface area (Å²) in [5.41, 5.74) is 2.60. The topological polar surface area (TPSA) is 225 Å². The Hall–Kier alpha value is -8.97. The Balaban J connectivity index is 0.827. The van der Waals surface area contributed by atoms with Crippen molar-refractivity contribution in [1.82, 2.24) is 4.98 Å². The van der Waals surface area contributed by atoms with E-state index in [1.807, 2.05) is 91.0 Å². The normalized spacial score (nSPS) is 16.0. The molecule has 2 aliphatic rings. The number of rotatable bonds is 37. The summed E-state index contributed by atoms with van der Waals surface area (Å²) >= 11 is 1.43. The summed E-state index contributed by atoms with van der Waals surface area (Å²) in [5.74, 6) is -1.10. The standard InChI is InChI=1S/C74H83NO17S/c1-4-67(76)86-44-10-8-7-9-41-83-59-31-35-62(36-32-59)93-70-65-49-60(91-73(81)55-23-19-53(20-24-55)71(79)89-47-39-51-15-27-57(28-16-51)84-42-11-13-45-87-68(77)5-2)33-37-63(65)64-38-34-61(50-66(64)75-70)92-74(82)56-25-21-54(22-26-56)72(80)90-48-40-52-17-29-58(30-18-52)85-43-12-14-46-88-69(78)6-3/h4-6,15-18,27-38,49-50,53-56H,1-3,7-14,19-26,39-48H2. The van der Waals surface area contributed by atoms with Crippen LogP contribution in [0.3, 0.4) is 0 Å². The molecule has 0 radical (unpaired) electrons. The van der Waals surface area contributed by atoms with Crippen molar-refractivity contribution >= 4 is 75.2 Å². The Bertz CT molecular complexity index is 3480. The molecule has 0 saturated heterocycles. The highest BCUT2D eigenvalue weighted by molar-refractivity contribution is 7.99. The third kappa shape index (κ3) is 23.0. The summed E-state index contributed by atoms with van der Waals surface area (Å²) in [7, 11) is 0. The fraction of sp³-hybridized carbons (Fsp3) is 0.405. The molecule has 6 aromatic rings. The number of esters is 7. The molecule has 0 bridgehead atoms.